The van der Waals surface area contributed by atoms with Gasteiger partial charge in [-0.3, -0.25) is 9.69 Å². The van der Waals surface area contributed by atoms with Crippen molar-refractivity contribution >= 4 is 34.9 Å². The Morgan fingerprint density at radius 2 is 1.75 bits per heavy atom. The monoisotopic (exact) mass is 456 g/mol. The number of fused-ring (bicyclic) bond motifs is 1. The quantitative estimate of drug-likeness (QED) is 0.575. The van der Waals surface area contributed by atoms with Gasteiger partial charge in [-0.2, -0.15) is 0 Å². The molecule has 2 aliphatic rings. The van der Waals surface area contributed by atoms with Crippen molar-refractivity contribution in [1.82, 2.24) is 10.2 Å². The van der Waals surface area contributed by atoms with Crippen molar-refractivity contribution in [2.75, 3.05) is 36.4 Å². The Morgan fingerprint density at radius 3 is 2.47 bits per heavy atom. The van der Waals surface area contributed by atoms with Crippen LogP contribution in [0.25, 0.3) is 0 Å². The van der Waals surface area contributed by atoms with Crippen LogP contribution in [-0.4, -0.2) is 48.1 Å². The third-order valence-corrected chi connectivity index (χ3v) is 6.36. The van der Waals surface area contributed by atoms with Crippen LogP contribution in [0.4, 0.5) is 16.2 Å². The predicted molar refractivity (Wildman–Crippen MR) is 126 cm³/mol. The fourth-order valence-corrected chi connectivity index (χ4v) is 4.57. The van der Waals surface area contributed by atoms with Gasteiger partial charge in [0.2, 0.25) is 0 Å². The molecule has 170 valence electrons. The van der Waals surface area contributed by atoms with E-state index in [1.165, 1.54) is 25.7 Å². The smallest absolute Gasteiger partial charge is 0.329 e. The van der Waals surface area contributed by atoms with Crippen LogP contribution in [-0.2, 0) is 10.5 Å². The first kappa shape index (κ1) is 22.6. The fraction of sp³-hybridized carbons (Fsp3) is 0.417. The number of likely N-dealkylation sites (tertiary alicyclic amines) is 1. The van der Waals surface area contributed by atoms with Crippen LogP contribution in [0, 0.1) is 0 Å². The van der Waals surface area contributed by atoms with E-state index >= 15 is 0 Å². The minimum Gasteiger partial charge on any atom is -0.359 e. The van der Waals surface area contributed by atoms with Gasteiger partial charge >= 0.3 is 6.03 Å². The summed E-state index contributed by atoms with van der Waals surface area (Å²) in [5.41, 5.74) is -1.09. The van der Waals surface area contributed by atoms with E-state index in [1.54, 1.807) is 48.5 Å². The van der Waals surface area contributed by atoms with E-state index in [-0.39, 0.29) is 0 Å². The molecule has 0 bridgehead atoms. The lowest BCUT2D eigenvalue weighted by Gasteiger charge is -2.42. The minimum atomic E-state index is -2.19. The summed E-state index contributed by atoms with van der Waals surface area (Å²) in [6.45, 7) is 3.50. The van der Waals surface area contributed by atoms with Crippen LogP contribution in [0.3, 0.4) is 0 Å². The van der Waals surface area contributed by atoms with Gasteiger partial charge in [-0.15, -0.1) is 0 Å². The molecule has 0 saturated carbocycles. The molecule has 7 nitrogen and oxygen atoms in total. The molecule has 1 atom stereocenters. The van der Waals surface area contributed by atoms with E-state index in [2.05, 4.69) is 15.5 Å². The van der Waals surface area contributed by atoms with E-state index < -0.39 is 17.7 Å². The number of aliphatic hydroxyl groups is 1. The maximum Gasteiger partial charge on any atom is 0.329 e. The molecular formula is C24H29ClN4O3. The maximum atomic E-state index is 13.4. The third kappa shape index (κ3) is 4.60. The van der Waals surface area contributed by atoms with E-state index in [0.717, 1.165) is 31.0 Å². The average Bonchev–Trinajstić information content (AvgIpc) is 3.06. The average molecular weight is 457 g/mol. The van der Waals surface area contributed by atoms with E-state index in [9.17, 15) is 14.7 Å². The first-order chi connectivity index (χ1) is 15.5. The Hall–Kier alpha value is -2.61. The van der Waals surface area contributed by atoms with Gasteiger partial charge in [0.25, 0.3) is 11.6 Å². The molecule has 2 aliphatic heterocycles. The number of hydrogen-bond donors (Lipinski definition) is 3. The molecule has 4 rings (SSSR count). The molecule has 1 fully saturated rings. The standard InChI is InChI=1S/C24H29ClN4O3/c25-18-10-12-19(13-11-18)29-23(31)27-21-9-4-3-8-20(21)24(29,32)22(30)26-14-7-17-28-15-5-1-2-6-16-28/h3-4,8-13,32H,1-2,5-7,14-17H2,(H,26,30)(H,27,31). The zero-order valence-electron chi connectivity index (χ0n) is 18.0. The van der Waals surface area contributed by atoms with Crippen LogP contribution >= 0.6 is 11.6 Å². The van der Waals surface area contributed by atoms with Gasteiger partial charge in [0.1, 0.15) is 0 Å². The van der Waals surface area contributed by atoms with E-state index in [4.69, 9.17) is 11.6 Å². The van der Waals surface area contributed by atoms with Crippen molar-refractivity contribution < 1.29 is 14.7 Å². The molecule has 3 N–H and O–H groups in total. The molecule has 2 aromatic carbocycles. The van der Waals surface area contributed by atoms with Crippen molar-refractivity contribution in [3.63, 3.8) is 0 Å². The summed E-state index contributed by atoms with van der Waals surface area (Å²) >= 11 is 6.00. The number of nitrogens with one attached hydrogen (secondary N) is 2. The number of amides is 3. The van der Waals surface area contributed by atoms with Crippen molar-refractivity contribution in [3.8, 4) is 0 Å². The van der Waals surface area contributed by atoms with Crippen molar-refractivity contribution in [3.05, 3.63) is 59.1 Å². The van der Waals surface area contributed by atoms with Crippen LogP contribution in [0.1, 0.15) is 37.7 Å². The normalized spacial score (nSPS) is 21.4. The third-order valence-electron chi connectivity index (χ3n) is 6.11. The highest BCUT2D eigenvalue weighted by Gasteiger charge is 2.51. The van der Waals surface area contributed by atoms with Gasteiger partial charge in [0.05, 0.1) is 5.69 Å². The van der Waals surface area contributed by atoms with Crippen molar-refractivity contribution in [2.45, 2.75) is 37.8 Å². The topological polar surface area (TPSA) is 84.9 Å². The zero-order chi connectivity index (χ0) is 22.6. The predicted octanol–water partition coefficient (Wildman–Crippen LogP) is 3.92. The lowest BCUT2D eigenvalue weighted by Crippen LogP contribution is -2.62. The summed E-state index contributed by atoms with van der Waals surface area (Å²) in [4.78, 5) is 29.8. The number of rotatable bonds is 6. The first-order valence-electron chi connectivity index (χ1n) is 11.2. The number of carbonyl (C=O) groups is 2. The Bertz CT molecular complexity index is 960. The van der Waals surface area contributed by atoms with Gasteiger partial charge in [0.15, 0.2) is 0 Å². The first-order valence-corrected chi connectivity index (χ1v) is 11.6. The lowest BCUT2D eigenvalue weighted by atomic mass is 9.95. The molecule has 2 aromatic rings. The molecule has 0 aromatic heterocycles. The molecule has 1 unspecified atom stereocenters. The Balaban J connectivity index is 1.53. The van der Waals surface area contributed by atoms with Crippen LogP contribution in [0.2, 0.25) is 5.02 Å². The second-order valence-electron chi connectivity index (χ2n) is 8.33. The summed E-state index contributed by atoms with van der Waals surface area (Å²) in [6.07, 6.45) is 5.77. The molecule has 0 aliphatic carbocycles. The van der Waals surface area contributed by atoms with Gasteiger partial charge in [-0.25, -0.2) is 4.79 Å². The largest absolute Gasteiger partial charge is 0.359 e. The Morgan fingerprint density at radius 1 is 1.06 bits per heavy atom. The van der Waals surface area contributed by atoms with Gasteiger partial charge in [-0.1, -0.05) is 42.6 Å². The summed E-state index contributed by atoms with van der Waals surface area (Å²) in [7, 11) is 0. The molecule has 2 heterocycles. The molecule has 0 spiro atoms. The summed E-state index contributed by atoms with van der Waals surface area (Å²) < 4.78 is 0. The zero-order valence-corrected chi connectivity index (χ0v) is 18.8. The summed E-state index contributed by atoms with van der Waals surface area (Å²) in [5.74, 6) is -0.634. The SMILES string of the molecule is O=C1Nc2ccccc2C(O)(C(=O)NCCCN2CCCCCC2)N1c1ccc(Cl)cc1. The number of nitrogens with zero attached hydrogens (tertiary/aromatic N) is 2. The molecule has 1 saturated heterocycles. The summed E-state index contributed by atoms with van der Waals surface area (Å²) in [6, 6.07) is 12.6. The van der Waals surface area contributed by atoms with Crippen LogP contribution in [0.15, 0.2) is 48.5 Å². The number of urea groups is 1. The molecular weight excluding hydrogens is 428 g/mol. The highest BCUT2D eigenvalue weighted by molar-refractivity contribution is 6.30. The second kappa shape index (κ2) is 9.90. The van der Waals surface area contributed by atoms with E-state index in [1.807, 2.05) is 0 Å². The second-order valence-corrected chi connectivity index (χ2v) is 8.76. The maximum absolute atomic E-state index is 13.4. The number of anilines is 2. The number of halogens is 1. The molecule has 3 amide bonds. The van der Waals surface area contributed by atoms with Crippen LogP contribution in [0.5, 0.6) is 0 Å². The number of hydrogen-bond acceptors (Lipinski definition) is 4. The highest BCUT2D eigenvalue weighted by Crippen LogP contribution is 2.39. The van der Waals surface area contributed by atoms with Gasteiger partial charge in [-0.05, 0) is 69.2 Å². The Labute approximate surface area is 193 Å². The Kier molecular flexibility index (Phi) is 6.98. The minimum absolute atomic E-state index is 0.319. The molecule has 0 radical (unpaired) electrons. The van der Waals surface area contributed by atoms with Gasteiger partial charge < -0.3 is 20.6 Å². The fourth-order valence-electron chi connectivity index (χ4n) is 4.44. The molecule has 32 heavy (non-hydrogen) atoms. The van der Waals surface area contributed by atoms with Gasteiger partial charge in [0, 0.05) is 22.8 Å². The van der Waals surface area contributed by atoms with Crippen molar-refractivity contribution in [2.24, 2.45) is 0 Å². The van der Waals surface area contributed by atoms with Crippen molar-refractivity contribution in [1.29, 1.82) is 0 Å². The highest BCUT2D eigenvalue weighted by atomic mass is 35.5. The number of carbonyl (C=O) groups excluding carboxylic acids is 2. The molecule has 8 heteroatoms. The lowest BCUT2D eigenvalue weighted by molar-refractivity contribution is -0.140. The number of para-hydroxylation sites is 1. The van der Waals surface area contributed by atoms with Crippen LogP contribution < -0.4 is 15.5 Å². The summed E-state index contributed by atoms with van der Waals surface area (Å²) in [5, 5.41) is 17.8. The van der Waals surface area contributed by atoms with E-state index in [0.29, 0.717) is 28.5 Å². The number of benzene rings is 2.